The quantitative estimate of drug-likeness (QED) is 0.588. The molecule has 0 spiro atoms. The Balaban J connectivity index is 2.98. The van der Waals surface area contributed by atoms with Crippen molar-refractivity contribution in [1.29, 1.82) is 0 Å². The number of hydrogen-bond donors (Lipinski definition) is 3. The number of rotatable bonds is 4. The highest BCUT2D eigenvalue weighted by molar-refractivity contribution is 6.34. The van der Waals surface area contributed by atoms with Gasteiger partial charge in [-0.25, -0.2) is 9.18 Å². The van der Waals surface area contributed by atoms with E-state index < -0.39 is 17.8 Å². The zero-order valence-electron chi connectivity index (χ0n) is 11.2. The SMILES string of the molecule is CC(=O)c1cc(NC(=O)C=C(C)NC(=O)O)c(F)cc1Cl. The minimum Gasteiger partial charge on any atom is -0.465 e. The number of carboxylic acid groups (broad SMARTS) is 1. The van der Waals surface area contributed by atoms with E-state index in [0.717, 1.165) is 18.2 Å². The van der Waals surface area contributed by atoms with Crippen molar-refractivity contribution in [3.63, 3.8) is 0 Å². The van der Waals surface area contributed by atoms with Crippen molar-refractivity contribution in [2.45, 2.75) is 13.8 Å². The zero-order valence-corrected chi connectivity index (χ0v) is 11.9. The number of anilines is 1. The van der Waals surface area contributed by atoms with E-state index in [1.807, 2.05) is 5.32 Å². The minimum absolute atomic E-state index is 0.0566. The molecular weight excluding hydrogens is 303 g/mol. The standard InChI is InChI=1S/C13H12ClFN2O4/c1-6(16-13(20)21)3-12(19)17-11-4-8(7(2)18)9(14)5-10(11)15/h3-5,16H,1-2H3,(H,17,19)(H,20,21). The molecule has 8 heteroatoms. The second-order valence-electron chi connectivity index (χ2n) is 4.11. The van der Waals surface area contributed by atoms with Crippen LogP contribution in [0.15, 0.2) is 23.9 Å². The van der Waals surface area contributed by atoms with Gasteiger partial charge in [-0.15, -0.1) is 0 Å². The monoisotopic (exact) mass is 314 g/mol. The summed E-state index contributed by atoms with van der Waals surface area (Å²) in [4.78, 5) is 33.3. The summed E-state index contributed by atoms with van der Waals surface area (Å²) in [5.41, 5.74) is -0.104. The number of benzene rings is 1. The van der Waals surface area contributed by atoms with Gasteiger partial charge in [0.2, 0.25) is 5.91 Å². The first kappa shape index (κ1) is 16.6. The Kier molecular flexibility index (Phi) is 5.43. The molecule has 0 aromatic heterocycles. The third-order valence-corrected chi connectivity index (χ3v) is 2.66. The van der Waals surface area contributed by atoms with Crippen LogP contribution in [0, 0.1) is 5.82 Å². The van der Waals surface area contributed by atoms with Gasteiger partial charge in [-0.2, -0.15) is 0 Å². The van der Waals surface area contributed by atoms with Gasteiger partial charge in [-0.05, 0) is 26.0 Å². The maximum atomic E-state index is 13.7. The minimum atomic E-state index is -1.33. The number of halogens is 2. The first-order valence-electron chi connectivity index (χ1n) is 5.70. The second-order valence-corrected chi connectivity index (χ2v) is 4.52. The molecule has 21 heavy (non-hydrogen) atoms. The van der Waals surface area contributed by atoms with Crippen LogP contribution in [0.4, 0.5) is 14.9 Å². The summed E-state index contributed by atoms with van der Waals surface area (Å²) in [5.74, 6) is -1.94. The van der Waals surface area contributed by atoms with E-state index in [1.54, 1.807) is 0 Å². The third-order valence-electron chi connectivity index (χ3n) is 2.35. The molecule has 0 bridgehead atoms. The number of amides is 2. The van der Waals surface area contributed by atoms with Crippen LogP contribution < -0.4 is 10.6 Å². The molecule has 1 aromatic carbocycles. The Morgan fingerprint density at radius 3 is 2.43 bits per heavy atom. The normalized spacial score (nSPS) is 11.0. The van der Waals surface area contributed by atoms with Gasteiger partial charge in [-0.1, -0.05) is 11.6 Å². The molecule has 0 heterocycles. The lowest BCUT2D eigenvalue weighted by molar-refractivity contribution is -0.112. The summed E-state index contributed by atoms with van der Waals surface area (Å²) in [7, 11) is 0. The summed E-state index contributed by atoms with van der Waals surface area (Å²) in [6.45, 7) is 2.61. The summed E-state index contributed by atoms with van der Waals surface area (Å²) < 4.78 is 13.7. The third kappa shape index (κ3) is 4.88. The lowest BCUT2D eigenvalue weighted by Crippen LogP contribution is -2.20. The Morgan fingerprint density at radius 2 is 1.90 bits per heavy atom. The van der Waals surface area contributed by atoms with E-state index in [2.05, 4.69) is 5.32 Å². The predicted molar refractivity (Wildman–Crippen MR) is 75.0 cm³/mol. The predicted octanol–water partition coefficient (Wildman–Crippen LogP) is 2.79. The molecule has 1 rings (SSSR count). The molecule has 0 unspecified atom stereocenters. The van der Waals surface area contributed by atoms with Crippen molar-refractivity contribution >= 4 is 35.1 Å². The van der Waals surface area contributed by atoms with Crippen molar-refractivity contribution in [2.75, 3.05) is 5.32 Å². The van der Waals surface area contributed by atoms with Crippen molar-refractivity contribution in [1.82, 2.24) is 5.32 Å². The fourth-order valence-corrected chi connectivity index (χ4v) is 1.77. The molecule has 0 saturated heterocycles. The van der Waals surface area contributed by atoms with Crippen molar-refractivity contribution < 1.29 is 23.9 Å². The number of hydrogen-bond acceptors (Lipinski definition) is 3. The summed E-state index contributed by atoms with van der Waals surface area (Å²) >= 11 is 5.71. The molecule has 1 aromatic rings. The van der Waals surface area contributed by atoms with Crippen LogP contribution >= 0.6 is 11.6 Å². The molecule has 3 N–H and O–H groups in total. The average molecular weight is 315 g/mol. The number of carbonyl (C=O) groups excluding carboxylic acids is 2. The van der Waals surface area contributed by atoms with Crippen LogP contribution in [0.25, 0.3) is 0 Å². The van der Waals surface area contributed by atoms with E-state index in [4.69, 9.17) is 16.7 Å². The molecule has 0 aliphatic rings. The Morgan fingerprint density at radius 1 is 1.29 bits per heavy atom. The second kappa shape index (κ2) is 6.85. The topological polar surface area (TPSA) is 95.5 Å². The van der Waals surface area contributed by atoms with Crippen LogP contribution in [0.2, 0.25) is 5.02 Å². The first-order chi connectivity index (χ1) is 9.70. The molecule has 0 atom stereocenters. The van der Waals surface area contributed by atoms with Gasteiger partial charge in [0.25, 0.3) is 0 Å². The smallest absolute Gasteiger partial charge is 0.408 e. The molecule has 112 valence electrons. The Hall–Kier alpha value is -2.41. The molecule has 0 radical (unpaired) electrons. The maximum absolute atomic E-state index is 13.7. The van der Waals surface area contributed by atoms with Gasteiger partial charge >= 0.3 is 6.09 Å². The highest BCUT2D eigenvalue weighted by Gasteiger charge is 2.13. The van der Waals surface area contributed by atoms with Gasteiger partial charge in [0.05, 0.1) is 10.7 Å². The average Bonchev–Trinajstić information content (AvgIpc) is 2.30. The van der Waals surface area contributed by atoms with Gasteiger partial charge < -0.3 is 10.4 Å². The zero-order chi connectivity index (χ0) is 16.2. The summed E-state index contributed by atoms with van der Waals surface area (Å²) in [6, 6.07) is 2.03. The number of nitrogens with one attached hydrogen (secondary N) is 2. The maximum Gasteiger partial charge on any atom is 0.408 e. The van der Waals surface area contributed by atoms with E-state index in [0.29, 0.717) is 0 Å². The summed E-state index contributed by atoms with van der Waals surface area (Å²) in [6.07, 6.45) is -0.386. The highest BCUT2D eigenvalue weighted by Crippen LogP contribution is 2.24. The molecular formula is C13H12ClFN2O4. The van der Waals surface area contributed by atoms with Gasteiger partial charge in [0, 0.05) is 17.3 Å². The van der Waals surface area contributed by atoms with E-state index in [-0.39, 0.29) is 27.8 Å². The van der Waals surface area contributed by atoms with Gasteiger partial charge in [0.1, 0.15) is 5.82 Å². The van der Waals surface area contributed by atoms with Crippen molar-refractivity contribution in [2.24, 2.45) is 0 Å². The van der Waals surface area contributed by atoms with Gasteiger partial charge in [0.15, 0.2) is 5.78 Å². The summed E-state index contributed by atoms with van der Waals surface area (Å²) in [5, 5.41) is 12.6. The first-order valence-corrected chi connectivity index (χ1v) is 6.07. The Labute approximate surface area is 124 Å². The van der Waals surface area contributed by atoms with Gasteiger partial charge in [-0.3, -0.25) is 14.9 Å². The lowest BCUT2D eigenvalue weighted by atomic mass is 10.1. The fourth-order valence-electron chi connectivity index (χ4n) is 1.48. The van der Waals surface area contributed by atoms with Crippen LogP contribution in [0.5, 0.6) is 0 Å². The fraction of sp³-hybridized carbons (Fsp3) is 0.154. The molecule has 0 fully saturated rings. The van der Waals surface area contributed by atoms with Crippen LogP contribution in [-0.2, 0) is 4.79 Å². The largest absolute Gasteiger partial charge is 0.465 e. The number of Topliss-reactive ketones (excluding diaryl/α,β-unsaturated/α-hetero) is 1. The van der Waals surface area contributed by atoms with Crippen LogP contribution in [-0.4, -0.2) is 22.9 Å². The number of allylic oxidation sites excluding steroid dienone is 1. The number of ketones is 1. The van der Waals surface area contributed by atoms with Crippen LogP contribution in [0.1, 0.15) is 24.2 Å². The molecule has 2 amide bonds. The van der Waals surface area contributed by atoms with E-state index >= 15 is 0 Å². The molecule has 0 aliphatic heterocycles. The van der Waals surface area contributed by atoms with Crippen molar-refractivity contribution in [3.8, 4) is 0 Å². The van der Waals surface area contributed by atoms with E-state index in [1.165, 1.54) is 13.8 Å². The molecule has 6 nitrogen and oxygen atoms in total. The Bertz CT molecular complexity index is 643. The molecule has 0 aliphatic carbocycles. The number of carbonyl (C=O) groups is 3. The lowest BCUT2D eigenvalue weighted by Gasteiger charge is -2.08. The van der Waals surface area contributed by atoms with E-state index in [9.17, 15) is 18.8 Å². The molecule has 0 saturated carbocycles. The van der Waals surface area contributed by atoms with Crippen molar-refractivity contribution in [3.05, 3.63) is 40.3 Å². The van der Waals surface area contributed by atoms with Crippen LogP contribution in [0.3, 0.4) is 0 Å². The highest BCUT2D eigenvalue weighted by atomic mass is 35.5.